The first-order valence-electron chi connectivity index (χ1n) is 6.88. The zero-order valence-electron chi connectivity index (χ0n) is 12.1. The number of nitrogens with two attached hydrogens (primary N) is 1. The van der Waals surface area contributed by atoms with E-state index < -0.39 is 17.0 Å². The topological polar surface area (TPSA) is 46.3 Å². The van der Waals surface area contributed by atoms with E-state index in [2.05, 4.69) is 0 Å². The molecule has 0 unspecified atom stereocenters. The van der Waals surface area contributed by atoms with E-state index >= 15 is 0 Å². The van der Waals surface area contributed by atoms with Crippen molar-refractivity contribution in [3.8, 4) is 0 Å². The number of rotatable bonds is 4. The first kappa shape index (κ1) is 17.9. The highest BCUT2D eigenvalue weighted by Crippen LogP contribution is 2.38. The predicted octanol–water partition coefficient (Wildman–Crippen LogP) is 2.86. The van der Waals surface area contributed by atoms with Gasteiger partial charge in [0.2, 0.25) is 5.91 Å². The summed E-state index contributed by atoms with van der Waals surface area (Å²) in [6.45, 7) is 0.603. The van der Waals surface area contributed by atoms with Crippen molar-refractivity contribution in [2.75, 3.05) is 13.6 Å². The summed E-state index contributed by atoms with van der Waals surface area (Å²) in [4.78, 5) is 14.1. The van der Waals surface area contributed by atoms with Crippen LogP contribution < -0.4 is 5.73 Å². The molecule has 2 rings (SSSR count). The molecule has 118 valence electrons. The Labute approximate surface area is 129 Å². The van der Waals surface area contributed by atoms with Gasteiger partial charge in [-0.05, 0) is 30.5 Å². The zero-order valence-corrected chi connectivity index (χ0v) is 12.9. The Morgan fingerprint density at radius 3 is 2.43 bits per heavy atom. The van der Waals surface area contributed by atoms with Gasteiger partial charge >= 0.3 is 0 Å². The lowest BCUT2D eigenvalue weighted by atomic mass is 9.84. The van der Waals surface area contributed by atoms with Crippen LogP contribution >= 0.6 is 12.4 Å². The Kier molecular flexibility index (Phi) is 6.10. The highest BCUT2D eigenvalue weighted by Gasteiger charge is 2.41. The van der Waals surface area contributed by atoms with E-state index in [1.54, 1.807) is 11.9 Å². The van der Waals surface area contributed by atoms with Gasteiger partial charge in [-0.1, -0.05) is 18.9 Å². The van der Waals surface area contributed by atoms with Crippen molar-refractivity contribution in [1.29, 1.82) is 0 Å². The largest absolute Gasteiger partial charge is 0.341 e. The average Bonchev–Trinajstić information content (AvgIpc) is 2.92. The van der Waals surface area contributed by atoms with E-state index in [1.165, 1.54) is 6.07 Å². The monoisotopic (exact) mass is 318 g/mol. The quantitative estimate of drug-likeness (QED) is 0.928. The summed E-state index contributed by atoms with van der Waals surface area (Å²) in [5, 5.41) is 0. The van der Waals surface area contributed by atoms with Crippen molar-refractivity contribution in [1.82, 2.24) is 4.90 Å². The molecule has 0 bridgehead atoms. The smallest absolute Gasteiger partial charge is 0.230 e. The van der Waals surface area contributed by atoms with Crippen LogP contribution in [0, 0.1) is 17.0 Å². The van der Waals surface area contributed by atoms with Gasteiger partial charge in [-0.15, -0.1) is 12.4 Å². The highest BCUT2D eigenvalue weighted by molar-refractivity contribution is 5.85. The number of carbonyl (C=O) groups is 1. The third kappa shape index (κ3) is 3.71. The minimum absolute atomic E-state index is 0. The second-order valence-electron chi connectivity index (χ2n) is 5.60. The van der Waals surface area contributed by atoms with Gasteiger partial charge in [0.25, 0.3) is 0 Å². The molecule has 0 heterocycles. The third-order valence-electron chi connectivity index (χ3n) is 4.16. The molecule has 1 amide bonds. The van der Waals surface area contributed by atoms with Crippen LogP contribution in [-0.2, 0) is 11.3 Å². The van der Waals surface area contributed by atoms with Crippen LogP contribution in [0.4, 0.5) is 8.78 Å². The Bertz CT molecular complexity index is 504. The predicted molar refractivity (Wildman–Crippen MR) is 80.0 cm³/mol. The fourth-order valence-corrected chi connectivity index (χ4v) is 2.95. The summed E-state index contributed by atoms with van der Waals surface area (Å²) in [6, 6.07) is 3.70. The molecule has 0 atom stereocenters. The lowest BCUT2D eigenvalue weighted by Crippen LogP contribution is -2.44. The van der Waals surface area contributed by atoms with Crippen molar-refractivity contribution in [3.63, 3.8) is 0 Å². The van der Waals surface area contributed by atoms with Crippen LogP contribution in [0.15, 0.2) is 18.2 Å². The SMILES string of the molecule is CN(Cc1ccc(F)c(F)c1)C(=O)C1(CN)CCCC1.Cl. The molecule has 0 saturated heterocycles. The Morgan fingerprint density at radius 2 is 1.90 bits per heavy atom. The average molecular weight is 319 g/mol. The van der Waals surface area contributed by atoms with Gasteiger partial charge in [0, 0.05) is 20.1 Å². The normalized spacial score (nSPS) is 16.4. The molecule has 1 aliphatic carbocycles. The Balaban J connectivity index is 0.00000220. The summed E-state index contributed by atoms with van der Waals surface area (Å²) >= 11 is 0. The van der Waals surface area contributed by atoms with Crippen LogP contribution in [0.3, 0.4) is 0 Å². The van der Waals surface area contributed by atoms with Crippen LogP contribution in [0.1, 0.15) is 31.2 Å². The lowest BCUT2D eigenvalue weighted by molar-refractivity contribution is -0.140. The lowest BCUT2D eigenvalue weighted by Gasteiger charge is -2.31. The van der Waals surface area contributed by atoms with E-state index in [0.29, 0.717) is 12.1 Å². The molecule has 21 heavy (non-hydrogen) atoms. The van der Waals surface area contributed by atoms with E-state index in [4.69, 9.17) is 5.73 Å². The standard InChI is InChI=1S/C15H20F2N2O.ClH/c1-19(9-11-4-5-12(16)13(17)8-11)14(20)15(10-18)6-2-3-7-15;/h4-5,8H,2-3,6-7,9-10,18H2,1H3;1H. The summed E-state index contributed by atoms with van der Waals surface area (Å²) in [7, 11) is 1.68. The number of halogens is 3. The van der Waals surface area contributed by atoms with Crippen molar-refractivity contribution in [2.45, 2.75) is 32.2 Å². The highest BCUT2D eigenvalue weighted by atomic mass is 35.5. The van der Waals surface area contributed by atoms with Crippen LogP contribution in [0.25, 0.3) is 0 Å². The summed E-state index contributed by atoms with van der Waals surface area (Å²) in [5.74, 6) is -1.77. The molecule has 0 aliphatic heterocycles. The number of hydrogen-bond acceptors (Lipinski definition) is 2. The van der Waals surface area contributed by atoms with Crippen molar-refractivity contribution in [3.05, 3.63) is 35.4 Å². The molecule has 3 nitrogen and oxygen atoms in total. The second kappa shape index (κ2) is 7.18. The van der Waals surface area contributed by atoms with E-state index in [-0.39, 0.29) is 24.9 Å². The number of benzene rings is 1. The van der Waals surface area contributed by atoms with Gasteiger partial charge in [-0.3, -0.25) is 4.79 Å². The number of hydrogen-bond donors (Lipinski definition) is 1. The molecule has 1 fully saturated rings. The number of carbonyl (C=O) groups excluding carboxylic acids is 1. The molecule has 0 spiro atoms. The summed E-state index contributed by atoms with van der Waals surface area (Å²) in [6.07, 6.45) is 3.65. The van der Waals surface area contributed by atoms with Gasteiger partial charge in [0.1, 0.15) is 0 Å². The van der Waals surface area contributed by atoms with Gasteiger partial charge in [0.05, 0.1) is 5.41 Å². The number of nitrogens with zero attached hydrogens (tertiary/aromatic N) is 1. The maximum Gasteiger partial charge on any atom is 0.230 e. The Hall–Kier alpha value is -1.20. The zero-order chi connectivity index (χ0) is 14.8. The fourth-order valence-electron chi connectivity index (χ4n) is 2.95. The molecule has 1 aromatic carbocycles. The van der Waals surface area contributed by atoms with Crippen molar-refractivity contribution in [2.24, 2.45) is 11.1 Å². The molecular formula is C15H21ClF2N2O. The molecule has 0 radical (unpaired) electrons. The maximum atomic E-state index is 13.2. The molecule has 1 aliphatic rings. The molecular weight excluding hydrogens is 298 g/mol. The summed E-state index contributed by atoms with van der Waals surface area (Å²) < 4.78 is 26.1. The molecule has 1 aromatic rings. The minimum Gasteiger partial charge on any atom is -0.341 e. The van der Waals surface area contributed by atoms with Crippen molar-refractivity contribution >= 4 is 18.3 Å². The van der Waals surface area contributed by atoms with Crippen LogP contribution in [0.5, 0.6) is 0 Å². The number of amides is 1. The van der Waals surface area contributed by atoms with E-state index in [1.807, 2.05) is 0 Å². The first-order chi connectivity index (χ1) is 9.48. The molecule has 1 saturated carbocycles. The van der Waals surface area contributed by atoms with Crippen LogP contribution in [-0.4, -0.2) is 24.4 Å². The fraction of sp³-hybridized carbons (Fsp3) is 0.533. The Morgan fingerprint density at radius 1 is 1.29 bits per heavy atom. The van der Waals surface area contributed by atoms with Gasteiger partial charge < -0.3 is 10.6 Å². The van der Waals surface area contributed by atoms with Gasteiger partial charge in [0.15, 0.2) is 11.6 Å². The maximum absolute atomic E-state index is 13.2. The van der Waals surface area contributed by atoms with E-state index in [9.17, 15) is 13.6 Å². The van der Waals surface area contributed by atoms with Gasteiger partial charge in [-0.2, -0.15) is 0 Å². The van der Waals surface area contributed by atoms with E-state index in [0.717, 1.165) is 37.8 Å². The summed E-state index contributed by atoms with van der Waals surface area (Å²) in [5.41, 5.74) is 5.90. The second-order valence-corrected chi connectivity index (χ2v) is 5.60. The third-order valence-corrected chi connectivity index (χ3v) is 4.16. The van der Waals surface area contributed by atoms with Crippen molar-refractivity contribution < 1.29 is 13.6 Å². The molecule has 0 aromatic heterocycles. The first-order valence-corrected chi connectivity index (χ1v) is 6.88. The molecule has 6 heteroatoms. The van der Waals surface area contributed by atoms with Crippen LogP contribution in [0.2, 0.25) is 0 Å². The van der Waals surface area contributed by atoms with Gasteiger partial charge in [-0.25, -0.2) is 8.78 Å². The molecule has 2 N–H and O–H groups in total. The minimum atomic E-state index is -0.891.